The van der Waals surface area contributed by atoms with Crippen molar-refractivity contribution in [2.75, 3.05) is 0 Å². The molecule has 0 radical (unpaired) electrons. The fraction of sp³-hybridized carbons (Fsp3) is 1.00. The SMILES string of the molecule is CC.CC.CC.CC.CC.CC.CC.P=S. The van der Waals surface area contributed by atoms with Crippen LogP contribution >= 0.6 is 8.02 Å². The van der Waals surface area contributed by atoms with Crippen LogP contribution in [0.2, 0.25) is 0 Å². The maximum atomic E-state index is 3.89. The molecule has 2 heteroatoms. The Labute approximate surface area is 117 Å². The maximum Gasteiger partial charge on any atom is -0.0437 e. The van der Waals surface area contributed by atoms with E-state index in [0.29, 0.717) is 0 Å². The fourth-order valence-corrected chi connectivity index (χ4v) is 0. The lowest BCUT2D eigenvalue weighted by Gasteiger charge is -1.07. The van der Waals surface area contributed by atoms with Crippen molar-refractivity contribution in [3.63, 3.8) is 0 Å². The summed E-state index contributed by atoms with van der Waals surface area (Å²) in [5, 5.41) is 0. The van der Waals surface area contributed by atoms with E-state index in [9.17, 15) is 0 Å². The van der Waals surface area contributed by atoms with Crippen LogP contribution in [0.1, 0.15) is 96.9 Å². The summed E-state index contributed by atoms with van der Waals surface area (Å²) >= 11 is 3.89. The van der Waals surface area contributed by atoms with Crippen LogP contribution in [0.15, 0.2) is 0 Å². The van der Waals surface area contributed by atoms with Gasteiger partial charge in [0.15, 0.2) is 0 Å². The van der Waals surface area contributed by atoms with Crippen LogP contribution in [0.4, 0.5) is 0 Å². The van der Waals surface area contributed by atoms with Gasteiger partial charge in [-0.3, -0.25) is 0 Å². The Hall–Kier alpha value is 0.520. The molecule has 0 aliphatic heterocycles. The second kappa shape index (κ2) is 12100. The Morgan fingerprint density at radius 1 is 0.312 bits per heavy atom. The molecule has 0 aliphatic carbocycles. The lowest BCUT2D eigenvalue weighted by Crippen LogP contribution is -0.856. The molecule has 16 heavy (non-hydrogen) atoms. The first-order chi connectivity index (χ1) is 8.00. The van der Waals surface area contributed by atoms with Crippen LogP contribution in [-0.4, -0.2) is 0 Å². The van der Waals surface area contributed by atoms with Gasteiger partial charge in [0.25, 0.3) is 0 Å². The van der Waals surface area contributed by atoms with Gasteiger partial charge in [-0.15, -0.1) is 0 Å². The van der Waals surface area contributed by atoms with Crippen LogP contribution in [-0.2, 0) is 11.8 Å². The molecule has 0 unspecified atom stereocenters. The Bertz CT molecular complexity index is 10.7. The van der Waals surface area contributed by atoms with Crippen LogP contribution in [0.3, 0.4) is 0 Å². The third-order valence-electron chi connectivity index (χ3n) is 0. The maximum absolute atomic E-state index is 3.89. The fourth-order valence-electron chi connectivity index (χ4n) is 0. The van der Waals surface area contributed by atoms with Gasteiger partial charge in [-0.25, -0.2) is 0 Å². The number of hydrogen-bond acceptors (Lipinski definition) is 1. The van der Waals surface area contributed by atoms with Crippen LogP contribution in [0.25, 0.3) is 0 Å². The van der Waals surface area contributed by atoms with Gasteiger partial charge < -0.3 is 0 Å². The molecule has 0 atom stereocenters. The largest absolute Gasteiger partial charge is 0.0683 e. The Morgan fingerprint density at radius 2 is 0.312 bits per heavy atom. The first kappa shape index (κ1) is 54.8. The average Bonchev–Trinajstić information content (AvgIpc) is 2.54. The molecule has 0 fully saturated rings. The first-order valence-corrected chi connectivity index (χ1v) is 8.84. The van der Waals surface area contributed by atoms with Crippen molar-refractivity contribution < 1.29 is 0 Å². The van der Waals surface area contributed by atoms with E-state index in [1.54, 1.807) is 0 Å². The highest BCUT2D eigenvalue weighted by molar-refractivity contribution is 7.88. The van der Waals surface area contributed by atoms with E-state index in [-0.39, 0.29) is 0 Å². The molecule has 0 aromatic rings. The summed E-state index contributed by atoms with van der Waals surface area (Å²) in [6.07, 6.45) is 0. The predicted octanol–water partition coefficient (Wildman–Crippen LogP) is 7.77. The highest BCUT2D eigenvalue weighted by Crippen LogP contribution is 1.26. The van der Waals surface area contributed by atoms with E-state index in [1.165, 1.54) is 0 Å². The predicted molar refractivity (Wildman–Crippen MR) is 95.1 cm³/mol. The van der Waals surface area contributed by atoms with E-state index in [4.69, 9.17) is 0 Å². The Kier molecular flexibility index (Phi) is 41500. The van der Waals surface area contributed by atoms with Gasteiger partial charge >= 0.3 is 0 Å². The third kappa shape index (κ3) is 9820. The first-order valence-electron chi connectivity index (χ1n) is 7.20. The van der Waals surface area contributed by atoms with Gasteiger partial charge in [0.2, 0.25) is 0 Å². The van der Waals surface area contributed by atoms with E-state index in [2.05, 4.69) is 19.8 Å². The summed E-state index contributed by atoms with van der Waals surface area (Å²) in [6.45, 7) is 28.0. The van der Waals surface area contributed by atoms with Gasteiger partial charge in [-0.05, 0) is 8.02 Å². The lowest BCUT2D eigenvalue weighted by molar-refractivity contribution is 1.50. The Balaban J connectivity index is -0.00000000762. The van der Waals surface area contributed by atoms with E-state index >= 15 is 0 Å². The summed E-state index contributed by atoms with van der Waals surface area (Å²) in [5.74, 6) is 0. The Morgan fingerprint density at radius 3 is 0.312 bits per heavy atom. The monoisotopic (exact) mass is 274 g/mol. The third-order valence-corrected chi connectivity index (χ3v) is 0. The van der Waals surface area contributed by atoms with E-state index in [1.807, 2.05) is 96.9 Å². The van der Waals surface area contributed by atoms with Crippen molar-refractivity contribution in [2.45, 2.75) is 96.9 Å². The van der Waals surface area contributed by atoms with Crippen molar-refractivity contribution in [1.29, 1.82) is 0 Å². The molecular formula is C14H43PS. The standard InChI is InChI=1S/7C2H6.HPS/c8*1-2/h7*1-2H3;1H. The van der Waals surface area contributed by atoms with Gasteiger partial charge in [-0.2, -0.15) is 0 Å². The van der Waals surface area contributed by atoms with Gasteiger partial charge in [0.1, 0.15) is 0 Å². The molecule has 0 saturated carbocycles. The zero-order chi connectivity index (χ0) is 16.0. The minimum absolute atomic E-state index is 2.00. The van der Waals surface area contributed by atoms with Crippen molar-refractivity contribution in [3.05, 3.63) is 0 Å². The van der Waals surface area contributed by atoms with Crippen molar-refractivity contribution in [3.8, 4) is 0 Å². The topological polar surface area (TPSA) is 0 Å². The molecule has 0 aliphatic rings. The molecule has 0 aromatic heterocycles. The minimum atomic E-state index is 2.00. The molecule has 0 N–H and O–H groups in total. The van der Waals surface area contributed by atoms with Crippen molar-refractivity contribution in [2.24, 2.45) is 0 Å². The smallest absolute Gasteiger partial charge is 0.0437 e. The summed E-state index contributed by atoms with van der Waals surface area (Å²) < 4.78 is 0. The molecule has 0 nitrogen and oxygen atoms in total. The number of rotatable bonds is 0. The molecule has 0 heterocycles. The van der Waals surface area contributed by atoms with E-state index in [0.717, 1.165) is 0 Å². The highest BCUT2D eigenvalue weighted by Gasteiger charge is 0.944. The molecular weight excluding hydrogens is 231 g/mol. The molecule has 0 aromatic carbocycles. The van der Waals surface area contributed by atoms with Crippen molar-refractivity contribution in [1.82, 2.24) is 0 Å². The normalized spacial score (nSPS) is 2.88. The average molecular weight is 275 g/mol. The zero-order valence-corrected chi connectivity index (χ0v) is 16.7. The molecule has 0 bridgehead atoms. The second-order valence-electron chi connectivity index (χ2n) is 0. The van der Waals surface area contributed by atoms with Gasteiger partial charge in [0, 0.05) is 0 Å². The summed E-state index contributed by atoms with van der Waals surface area (Å²) in [4.78, 5) is 0. The molecule has 110 valence electrons. The van der Waals surface area contributed by atoms with Gasteiger partial charge in [-0.1, -0.05) is 109 Å². The van der Waals surface area contributed by atoms with Crippen LogP contribution in [0, 0.1) is 0 Å². The lowest BCUT2D eigenvalue weighted by atomic mass is 11.0. The van der Waals surface area contributed by atoms with Crippen LogP contribution < -0.4 is 0 Å². The zero-order valence-electron chi connectivity index (χ0n) is 14.9. The minimum Gasteiger partial charge on any atom is -0.0683 e. The van der Waals surface area contributed by atoms with Gasteiger partial charge in [0.05, 0.1) is 0 Å². The highest BCUT2D eigenvalue weighted by atomic mass is 32.4. The van der Waals surface area contributed by atoms with Crippen molar-refractivity contribution >= 4 is 19.8 Å². The second-order valence-corrected chi connectivity index (χ2v) is 0. The summed E-state index contributed by atoms with van der Waals surface area (Å²) in [5.41, 5.74) is 0. The van der Waals surface area contributed by atoms with Crippen LogP contribution in [0.5, 0.6) is 0 Å². The summed E-state index contributed by atoms with van der Waals surface area (Å²) in [7, 11) is 2.56. The molecule has 0 spiro atoms. The summed E-state index contributed by atoms with van der Waals surface area (Å²) in [6, 6.07) is 0. The molecule has 0 saturated heterocycles. The number of hydrogen-bond donors (Lipinski definition) is 0. The quantitative estimate of drug-likeness (QED) is 0.406. The molecule has 0 amide bonds. The van der Waals surface area contributed by atoms with E-state index < -0.39 is 0 Å². The molecule has 0 rings (SSSR count).